The lowest BCUT2D eigenvalue weighted by Crippen LogP contribution is -2.51. The molecule has 0 saturated carbocycles. The summed E-state index contributed by atoms with van der Waals surface area (Å²) in [6.07, 6.45) is 4.11. The molecule has 0 aromatic carbocycles. The molecule has 2 rings (SSSR count). The zero-order valence-corrected chi connectivity index (χ0v) is 12.4. The number of hydrogen-bond acceptors (Lipinski definition) is 3. The average Bonchev–Trinajstić information content (AvgIpc) is 2.93. The van der Waals surface area contributed by atoms with Crippen LogP contribution in [0, 0.1) is 0 Å². The summed E-state index contributed by atoms with van der Waals surface area (Å²) in [5.41, 5.74) is 0. The Morgan fingerprint density at radius 1 is 1.37 bits per heavy atom. The van der Waals surface area contributed by atoms with E-state index >= 15 is 0 Å². The molecule has 0 unspecified atom stereocenters. The maximum Gasteiger partial charge on any atom is 0.169 e. The summed E-state index contributed by atoms with van der Waals surface area (Å²) in [5, 5.41) is 4.24. The molecule has 1 aliphatic heterocycles. The molecular formula is C14H23N3OS. The standard InChI is InChI=1S/C14H23N3OS/c1-2-3-6-15-14(19)17-9-7-16(8-10-17)12-13-5-4-11-18-13/h4-5,11H,2-3,6-10,12H2,1H3,(H,15,19). The second-order valence-corrected chi connectivity index (χ2v) is 5.31. The summed E-state index contributed by atoms with van der Waals surface area (Å²) < 4.78 is 5.38. The van der Waals surface area contributed by atoms with Gasteiger partial charge in [-0.15, -0.1) is 0 Å². The van der Waals surface area contributed by atoms with Crippen molar-refractivity contribution < 1.29 is 4.42 Å². The fourth-order valence-corrected chi connectivity index (χ4v) is 2.50. The third-order valence-corrected chi connectivity index (χ3v) is 3.83. The SMILES string of the molecule is CCCCNC(=S)N1CCN(Cc2ccco2)CC1. The Morgan fingerprint density at radius 2 is 2.16 bits per heavy atom. The monoisotopic (exact) mass is 281 g/mol. The minimum absolute atomic E-state index is 0.900. The molecule has 5 heteroatoms. The van der Waals surface area contributed by atoms with E-state index in [1.54, 1.807) is 6.26 Å². The van der Waals surface area contributed by atoms with E-state index in [1.165, 1.54) is 12.8 Å². The van der Waals surface area contributed by atoms with Crippen molar-refractivity contribution in [2.24, 2.45) is 0 Å². The van der Waals surface area contributed by atoms with Gasteiger partial charge in [0.25, 0.3) is 0 Å². The van der Waals surface area contributed by atoms with E-state index in [0.717, 1.165) is 50.1 Å². The molecule has 1 aromatic rings. The molecule has 0 aliphatic carbocycles. The topological polar surface area (TPSA) is 31.6 Å². The van der Waals surface area contributed by atoms with Crippen molar-refractivity contribution in [3.05, 3.63) is 24.2 Å². The first kappa shape index (κ1) is 14.3. The van der Waals surface area contributed by atoms with Crippen LogP contribution in [0.3, 0.4) is 0 Å². The van der Waals surface area contributed by atoms with Crippen molar-refractivity contribution in [3.63, 3.8) is 0 Å². The molecule has 1 N–H and O–H groups in total. The number of hydrogen-bond donors (Lipinski definition) is 1. The highest BCUT2D eigenvalue weighted by Crippen LogP contribution is 2.09. The van der Waals surface area contributed by atoms with Crippen LogP contribution in [0.2, 0.25) is 0 Å². The molecule has 1 aliphatic rings. The fourth-order valence-electron chi connectivity index (χ4n) is 2.22. The summed E-state index contributed by atoms with van der Waals surface area (Å²) in [5.74, 6) is 1.04. The van der Waals surface area contributed by atoms with Gasteiger partial charge in [0, 0.05) is 32.7 Å². The lowest BCUT2D eigenvalue weighted by Gasteiger charge is -2.35. The Kier molecular flexibility index (Phi) is 5.66. The van der Waals surface area contributed by atoms with Crippen LogP contribution in [0.5, 0.6) is 0 Å². The number of thiocarbonyl (C=S) groups is 1. The van der Waals surface area contributed by atoms with Crippen LogP contribution >= 0.6 is 12.2 Å². The summed E-state index contributed by atoms with van der Waals surface area (Å²) in [6.45, 7) is 8.15. The highest BCUT2D eigenvalue weighted by atomic mass is 32.1. The minimum Gasteiger partial charge on any atom is -0.468 e. The van der Waals surface area contributed by atoms with Crippen LogP contribution in [0.15, 0.2) is 22.8 Å². The maximum absolute atomic E-state index is 5.42. The first-order valence-corrected chi connectivity index (χ1v) is 7.48. The van der Waals surface area contributed by atoms with Gasteiger partial charge in [0.2, 0.25) is 0 Å². The van der Waals surface area contributed by atoms with Gasteiger partial charge in [-0.05, 0) is 30.8 Å². The van der Waals surface area contributed by atoms with Crippen molar-refractivity contribution >= 4 is 17.3 Å². The van der Waals surface area contributed by atoms with Crippen LogP contribution in [0.1, 0.15) is 25.5 Å². The molecule has 1 fully saturated rings. The number of nitrogens with zero attached hydrogens (tertiary/aromatic N) is 2. The van der Waals surface area contributed by atoms with Crippen molar-refractivity contribution in [3.8, 4) is 0 Å². The van der Waals surface area contributed by atoms with Crippen LogP contribution < -0.4 is 5.32 Å². The van der Waals surface area contributed by atoms with E-state index in [-0.39, 0.29) is 0 Å². The van der Waals surface area contributed by atoms with E-state index in [4.69, 9.17) is 16.6 Å². The minimum atomic E-state index is 0.900. The quantitative estimate of drug-likeness (QED) is 0.660. The Balaban J connectivity index is 1.68. The fraction of sp³-hybridized carbons (Fsp3) is 0.643. The van der Waals surface area contributed by atoms with Gasteiger partial charge in [-0.2, -0.15) is 0 Å². The molecule has 0 spiro atoms. The van der Waals surface area contributed by atoms with Crippen LogP contribution in [0.4, 0.5) is 0 Å². The molecule has 0 amide bonds. The summed E-state index contributed by atoms with van der Waals surface area (Å²) >= 11 is 5.42. The Hall–Kier alpha value is -1.07. The van der Waals surface area contributed by atoms with Gasteiger partial charge in [-0.1, -0.05) is 13.3 Å². The smallest absolute Gasteiger partial charge is 0.169 e. The first-order valence-electron chi connectivity index (χ1n) is 7.07. The van der Waals surface area contributed by atoms with Gasteiger partial charge < -0.3 is 14.6 Å². The Bertz CT molecular complexity index is 372. The first-order chi connectivity index (χ1) is 9.29. The lowest BCUT2D eigenvalue weighted by atomic mass is 10.3. The summed E-state index contributed by atoms with van der Waals surface area (Å²) in [7, 11) is 0. The molecule has 4 nitrogen and oxygen atoms in total. The highest BCUT2D eigenvalue weighted by Gasteiger charge is 2.19. The second kappa shape index (κ2) is 7.50. The van der Waals surface area contributed by atoms with E-state index < -0.39 is 0 Å². The van der Waals surface area contributed by atoms with Crippen molar-refractivity contribution in [1.82, 2.24) is 15.1 Å². The number of rotatable bonds is 5. The van der Waals surface area contributed by atoms with Gasteiger partial charge in [-0.25, -0.2) is 0 Å². The van der Waals surface area contributed by atoms with Crippen LogP contribution in [-0.4, -0.2) is 47.6 Å². The van der Waals surface area contributed by atoms with Crippen LogP contribution in [-0.2, 0) is 6.54 Å². The summed E-state index contributed by atoms with van der Waals surface area (Å²) in [4.78, 5) is 4.67. The van der Waals surface area contributed by atoms with Crippen molar-refractivity contribution in [2.75, 3.05) is 32.7 Å². The van der Waals surface area contributed by atoms with Crippen LogP contribution in [0.25, 0.3) is 0 Å². The second-order valence-electron chi connectivity index (χ2n) is 4.93. The molecule has 19 heavy (non-hydrogen) atoms. The molecule has 1 aromatic heterocycles. The van der Waals surface area contributed by atoms with Gasteiger partial charge in [-0.3, -0.25) is 4.90 Å². The summed E-state index contributed by atoms with van der Waals surface area (Å²) in [6, 6.07) is 3.97. The highest BCUT2D eigenvalue weighted by molar-refractivity contribution is 7.80. The third-order valence-electron chi connectivity index (χ3n) is 3.43. The van der Waals surface area contributed by atoms with Gasteiger partial charge in [0.15, 0.2) is 5.11 Å². The van der Waals surface area contributed by atoms with Crippen molar-refractivity contribution in [2.45, 2.75) is 26.3 Å². The lowest BCUT2D eigenvalue weighted by molar-refractivity contribution is 0.164. The zero-order chi connectivity index (χ0) is 13.5. The number of nitrogens with one attached hydrogen (secondary N) is 1. The van der Waals surface area contributed by atoms with E-state index in [1.807, 2.05) is 12.1 Å². The molecule has 0 atom stereocenters. The number of piperazine rings is 1. The van der Waals surface area contributed by atoms with Crippen molar-refractivity contribution in [1.29, 1.82) is 0 Å². The van der Waals surface area contributed by atoms with Gasteiger partial charge in [0.1, 0.15) is 5.76 Å². The molecule has 1 saturated heterocycles. The molecule has 0 radical (unpaired) electrons. The zero-order valence-electron chi connectivity index (χ0n) is 11.6. The normalized spacial score (nSPS) is 16.6. The Morgan fingerprint density at radius 3 is 2.79 bits per heavy atom. The van der Waals surface area contributed by atoms with Gasteiger partial charge in [0.05, 0.1) is 12.8 Å². The molecule has 106 valence electrons. The van der Waals surface area contributed by atoms with E-state index in [2.05, 4.69) is 22.0 Å². The predicted octanol–water partition coefficient (Wildman–Crippen LogP) is 2.07. The van der Waals surface area contributed by atoms with E-state index in [0.29, 0.717) is 0 Å². The predicted molar refractivity (Wildman–Crippen MR) is 81.1 cm³/mol. The number of furan rings is 1. The Labute approximate surface area is 120 Å². The third kappa shape index (κ3) is 4.51. The van der Waals surface area contributed by atoms with Gasteiger partial charge >= 0.3 is 0 Å². The van der Waals surface area contributed by atoms with E-state index in [9.17, 15) is 0 Å². The molecule has 2 heterocycles. The largest absolute Gasteiger partial charge is 0.468 e. The maximum atomic E-state index is 5.42. The molecule has 0 bridgehead atoms. The number of unbranched alkanes of at least 4 members (excludes halogenated alkanes) is 1. The average molecular weight is 281 g/mol. The molecular weight excluding hydrogens is 258 g/mol.